The molecular weight excluding hydrogens is 345 g/mol. The zero-order chi connectivity index (χ0) is 18.8. The molecule has 0 atom stereocenters. The number of carbonyl (C=O) groups is 1. The van der Waals surface area contributed by atoms with E-state index in [0.717, 1.165) is 5.39 Å². The van der Waals surface area contributed by atoms with Gasteiger partial charge in [0.25, 0.3) is 5.91 Å². The summed E-state index contributed by atoms with van der Waals surface area (Å²) >= 11 is 0. The van der Waals surface area contributed by atoms with Gasteiger partial charge in [-0.3, -0.25) is 4.79 Å². The lowest BCUT2D eigenvalue weighted by Crippen LogP contribution is -2.13. The van der Waals surface area contributed by atoms with Gasteiger partial charge >= 0.3 is 5.63 Å². The average molecular weight is 359 g/mol. The number of rotatable bonds is 3. The zero-order valence-electron chi connectivity index (χ0n) is 14.1. The lowest BCUT2D eigenvalue weighted by Gasteiger charge is -2.08. The van der Waals surface area contributed by atoms with Crippen LogP contribution in [0.3, 0.4) is 0 Å². The van der Waals surface area contributed by atoms with Crippen LogP contribution in [0.4, 0.5) is 10.1 Å². The molecule has 3 aromatic carbocycles. The Hall–Kier alpha value is -3.73. The Kier molecular flexibility index (Phi) is 4.26. The predicted octanol–water partition coefficient (Wildman–Crippen LogP) is 4.85. The highest BCUT2D eigenvalue weighted by Crippen LogP contribution is 2.22. The topological polar surface area (TPSA) is 59.3 Å². The molecule has 1 amide bonds. The molecule has 0 fully saturated rings. The molecular formula is C22H14FNO3. The van der Waals surface area contributed by atoms with E-state index in [0.29, 0.717) is 22.3 Å². The van der Waals surface area contributed by atoms with Gasteiger partial charge in [0, 0.05) is 10.9 Å². The number of para-hydroxylation sites is 2. The fraction of sp³-hybridized carbons (Fsp3) is 0. The van der Waals surface area contributed by atoms with E-state index >= 15 is 0 Å². The number of amides is 1. The summed E-state index contributed by atoms with van der Waals surface area (Å²) in [5, 5.41) is 3.32. The first kappa shape index (κ1) is 16.7. The third-order valence-electron chi connectivity index (χ3n) is 4.20. The molecule has 0 aliphatic heterocycles. The van der Waals surface area contributed by atoms with Crippen molar-refractivity contribution in [1.29, 1.82) is 0 Å². The van der Waals surface area contributed by atoms with Crippen LogP contribution in [0.5, 0.6) is 0 Å². The van der Waals surface area contributed by atoms with E-state index in [4.69, 9.17) is 4.42 Å². The number of carbonyl (C=O) groups excluding carboxylic acids is 1. The summed E-state index contributed by atoms with van der Waals surface area (Å²) in [6, 6.07) is 21.4. The number of hydrogen-bond acceptors (Lipinski definition) is 3. The fourth-order valence-corrected chi connectivity index (χ4v) is 2.85. The molecule has 5 heteroatoms. The van der Waals surface area contributed by atoms with E-state index in [-0.39, 0.29) is 5.69 Å². The summed E-state index contributed by atoms with van der Waals surface area (Å²) in [6.07, 6.45) is 0. The highest BCUT2D eigenvalue weighted by molar-refractivity contribution is 6.05. The van der Waals surface area contributed by atoms with E-state index in [9.17, 15) is 14.0 Å². The van der Waals surface area contributed by atoms with Crippen molar-refractivity contribution in [3.8, 4) is 11.1 Å². The van der Waals surface area contributed by atoms with Crippen molar-refractivity contribution in [3.05, 3.63) is 101 Å². The molecule has 0 saturated carbocycles. The second-order valence-electron chi connectivity index (χ2n) is 6.00. The maximum absolute atomic E-state index is 13.7. The molecule has 27 heavy (non-hydrogen) atoms. The van der Waals surface area contributed by atoms with E-state index in [1.807, 2.05) is 12.1 Å². The first-order chi connectivity index (χ1) is 13.1. The molecule has 1 aromatic heterocycles. The summed E-state index contributed by atoms with van der Waals surface area (Å²) in [4.78, 5) is 24.8. The third kappa shape index (κ3) is 3.35. The highest BCUT2D eigenvalue weighted by atomic mass is 19.1. The van der Waals surface area contributed by atoms with E-state index < -0.39 is 17.3 Å². The Bertz CT molecular complexity index is 1210. The van der Waals surface area contributed by atoms with Gasteiger partial charge in [-0.2, -0.15) is 0 Å². The fourth-order valence-electron chi connectivity index (χ4n) is 2.85. The smallest absolute Gasteiger partial charge is 0.344 e. The first-order valence-corrected chi connectivity index (χ1v) is 8.31. The molecule has 4 rings (SSSR count). The normalized spacial score (nSPS) is 10.7. The summed E-state index contributed by atoms with van der Waals surface area (Å²) < 4.78 is 19.1. The SMILES string of the molecule is O=C(Nc1ccccc1F)c1cccc(-c2cc3ccccc3oc2=O)c1. The molecule has 4 nitrogen and oxygen atoms in total. The van der Waals surface area contributed by atoms with Crippen LogP contribution in [0.15, 0.2) is 88.1 Å². The van der Waals surface area contributed by atoms with Gasteiger partial charge in [-0.1, -0.05) is 42.5 Å². The number of hydrogen-bond donors (Lipinski definition) is 1. The third-order valence-corrected chi connectivity index (χ3v) is 4.20. The lowest BCUT2D eigenvalue weighted by molar-refractivity contribution is 0.102. The zero-order valence-corrected chi connectivity index (χ0v) is 14.1. The lowest BCUT2D eigenvalue weighted by atomic mass is 10.0. The van der Waals surface area contributed by atoms with E-state index in [1.165, 1.54) is 12.1 Å². The Labute approximate surface area is 153 Å². The molecule has 0 unspecified atom stereocenters. The Morgan fingerprint density at radius 3 is 2.52 bits per heavy atom. The van der Waals surface area contributed by atoms with Crippen LogP contribution in [-0.2, 0) is 0 Å². The van der Waals surface area contributed by atoms with Crippen molar-refractivity contribution in [1.82, 2.24) is 0 Å². The molecule has 4 aromatic rings. The largest absolute Gasteiger partial charge is 0.422 e. The van der Waals surface area contributed by atoms with Crippen LogP contribution in [0.1, 0.15) is 10.4 Å². The van der Waals surface area contributed by atoms with Gasteiger partial charge in [0.2, 0.25) is 0 Å². The average Bonchev–Trinajstić information content (AvgIpc) is 2.69. The Morgan fingerprint density at radius 1 is 0.889 bits per heavy atom. The molecule has 0 saturated heterocycles. The molecule has 0 spiro atoms. The molecule has 132 valence electrons. The molecule has 0 aliphatic carbocycles. The van der Waals surface area contributed by atoms with Crippen LogP contribution in [0, 0.1) is 5.82 Å². The molecule has 0 aliphatic rings. The summed E-state index contributed by atoms with van der Waals surface area (Å²) in [7, 11) is 0. The maximum atomic E-state index is 13.7. The van der Waals surface area contributed by atoms with Crippen molar-refractivity contribution in [3.63, 3.8) is 0 Å². The minimum absolute atomic E-state index is 0.0955. The number of fused-ring (bicyclic) bond motifs is 1. The quantitative estimate of drug-likeness (QED) is 0.532. The van der Waals surface area contributed by atoms with E-state index in [1.54, 1.807) is 54.6 Å². The van der Waals surface area contributed by atoms with Gasteiger partial charge in [-0.25, -0.2) is 9.18 Å². The second kappa shape index (κ2) is 6.88. The van der Waals surface area contributed by atoms with Crippen LogP contribution in [0.2, 0.25) is 0 Å². The van der Waals surface area contributed by atoms with Gasteiger partial charge < -0.3 is 9.73 Å². The van der Waals surface area contributed by atoms with Gasteiger partial charge in [0.15, 0.2) is 0 Å². The van der Waals surface area contributed by atoms with Gasteiger partial charge in [-0.05, 0) is 42.0 Å². The molecule has 1 heterocycles. The van der Waals surface area contributed by atoms with Gasteiger partial charge in [0.1, 0.15) is 11.4 Å². The van der Waals surface area contributed by atoms with Crippen LogP contribution >= 0.6 is 0 Å². The molecule has 0 bridgehead atoms. The van der Waals surface area contributed by atoms with Crippen molar-refractivity contribution in [2.24, 2.45) is 0 Å². The van der Waals surface area contributed by atoms with Crippen molar-refractivity contribution >= 4 is 22.6 Å². The number of halogens is 1. The summed E-state index contributed by atoms with van der Waals surface area (Å²) in [5.41, 5.74) is 1.33. The summed E-state index contributed by atoms with van der Waals surface area (Å²) in [5.74, 6) is -0.982. The number of benzene rings is 3. The first-order valence-electron chi connectivity index (χ1n) is 8.31. The molecule has 1 N–H and O–H groups in total. The number of anilines is 1. The summed E-state index contributed by atoms with van der Waals surface area (Å²) in [6.45, 7) is 0. The minimum atomic E-state index is -0.517. The maximum Gasteiger partial charge on any atom is 0.344 e. The highest BCUT2D eigenvalue weighted by Gasteiger charge is 2.12. The van der Waals surface area contributed by atoms with Crippen molar-refractivity contribution in [2.45, 2.75) is 0 Å². The standard InChI is InChI=1S/C22H14FNO3/c23-18-9-2-3-10-19(18)24-21(25)16-8-5-7-14(12-16)17-13-15-6-1-4-11-20(15)27-22(17)26/h1-13H,(H,24,25). The van der Waals surface area contributed by atoms with Crippen LogP contribution < -0.4 is 10.9 Å². The number of nitrogens with one attached hydrogen (secondary N) is 1. The minimum Gasteiger partial charge on any atom is -0.422 e. The predicted molar refractivity (Wildman–Crippen MR) is 102 cm³/mol. The van der Waals surface area contributed by atoms with E-state index in [2.05, 4.69) is 5.32 Å². The van der Waals surface area contributed by atoms with Crippen molar-refractivity contribution in [2.75, 3.05) is 5.32 Å². The van der Waals surface area contributed by atoms with Gasteiger partial charge in [-0.15, -0.1) is 0 Å². The van der Waals surface area contributed by atoms with Crippen molar-refractivity contribution < 1.29 is 13.6 Å². The Morgan fingerprint density at radius 2 is 1.67 bits per heavy atom. The van der Waals surface area contributed by atoms with Crippen LogP contribution in [0.25, 0.3) is 22.1 Å². The van der Waals surface area contributed by atoms with Gasteiger partial charge in [0.05, 0.1) is 11.3 Å². The van der Waals surface area contributed by atoms with Crippen LogP contribution in [-0.4, -0.2) is 5.91 Å². The second-order valence-corrected chi connectivity index (χ2v) is 6.00. The Balaban J connectivity index is 1.71. The molecule has 0 radical (unpaired) electrons. The monoisotopic (exact) mass is 359 g/mol.